The van der Waals surface area contributed by atoms with E-state index in [0.29, 0.717) is 18.7 Å². The van der Waals surface area contributed by atoms with E-state index in [1.807, 2.05) is 45.9 Å². The molecule has 0 bridgehead atoms. The molecule has 0 aliphatic carbocycles. The van der Waals surface area contributed by atoms with Crippen LogP contribution in [0.1, 0.15) is 52.1 Å². The van der Waals surface area contributed by atoms with Crippen molar-refractivity contribution in [3.8, 4) is 5.75 Å². The van der Waals surface area contributed by atoms with Crippen LogP contribution in [0.2, 0.25) is 0 Å². The molecule has 0 saturated carbocycles. The quantitative estimate of drug-likeness (QED) is 0.788. The van der Waals surface area contributed by atoms with Gasteiger partial charge >= 0.3 is 6.09 Å². The average molecular weight is 427 g/mol. The lowest BCUT2D eigenvalue weighted by Gasteiger charge is -2.28. The summed E-state index contributed by atoms with van der Waals surface area (Å²) in [6.07, 6.45) is 0.993. The van der Waals surface area contributed by atoms with Crippen molar-refractivity contribution in [3.05, 3.63) is 28.2 Å². The summed E-state index contributed by atoms with van der Waals surface area (Å²) in [5, 5.41) is 3.00. The number of halogens is 1. The molecule has 2 atom stereocenters. The van der Waals surface area contributed by atoms with Crippen molar-refractivity contribution in [2.75, 3.05) is 13.7 Å². The maximum absolute atomic E-state index is 12.7. The summed E-state index contributed by atoms with van der Waals surface area (Å²) >= 11 is 3.42. The molecule has 144 valence electrons. The lowest BCUT2D eigenvalue weighted by atomic mass is 10.1. The third kappa shape index (κ3) is 5.13. The van der Waals surface area contributed by atoms with Crippen LogP contribution in [0, 0.1) is 0 Å². The third-order valence-electron chi connectivity index (χ3n) is 4.22. The van der Waals surface area contributed by atoms with Gasteiger partial charge in [-0.1, -0.05) is 6.07 Å². The number of nitrogens with one attached hydrogen (secondary N) is 1. The van der Waals surface area contributed by atoms with Gasteiger partial charge in [0.2, 0.25) is 5.91 Å². The van der Waals surface area contributed by atoms with Crippen LogP contribution in [-0.4, -0.2) is 42.2 Å². The summed E-state index contributed by atoms with van der Waals surface area (Å²) in [4.78, 5) is 26.6. The van der Waals surface area contributed by atoms with Gasteiger partial charge in [-0.15, -0.1) is 0 Å². The Morgan fingerprint density at radius 2 is 2.04 bits per heavy atom. The van der Waals surface area contributed by atoms with Crippen LogP contribution in [0.15, 0.2) is 22.7 Å². The van der Waals surface area contributed by atoms with E-state index in [-0.39, 0.29) is 11.9 Å². The van der Waals surface area contributed by atoms with E-state index in [4.69, 9.17) is 9.47 Å². The highest BCUT2D eigenvalue weighted by Gasteiger charge is 2.37. The standard InChI is InChI=1S/C19H27BrN2O4/c1-12(13-8-9-14(20)16(11-13)25-5)21-17(23)15-7-6-10-22(15)18(24)26-19(2,3)4/h8-9,11-12,15H,6-7,10H2,1-5H3,(H,21,23)/t12-,15+/m0/s1. The highest BCUT2D eigenvalue weighted by atomic mass is 79.9. The molecule has 6 nitrogen and oxygen atoms in total. The molecule has 1 aromatic rings. The van der Waals surface area contributed by atoms with Gasteiger partial charge in [-0.25, -0.2) is 4.79 Å². The van der Waals surface area contributed by atoms with Crippen LogP contribution in [0.5, 0.6) is 5.75 Å². The number of carbonyl (C=O) groups excluding carboxylic acids is 2. The maximum Gasteiger partial charge on any atom is 0.410 e. The molecule has 1 saturated heterocycles. The molecule has 7 heteroatoms. The number of benzene rings is 1. The number of ether oxygens (including phenoxy) is 2. The number of hydrogen-bond acceptors (Lipinski definition) is 4. The smallest absolute Gasteiger partial charge is 0.410 e. The number of carbonyl (C=O) groups is 2. The third-order valence-corrected chi connectivity index (χ3v) is 4.87. The van der Waals surface area contributed by atoms with E-state index < -0.39 is 17.7 Å². The molecule has 1 heterocycles. The van der Waals surface area contributed by atoms with Crippen LogP contribution >= 0.6 is 15.9 Å². The van der Waals surface area contributed by atoms with Gasteiger partial charge < -0.3 is 14.8 Å². The molecular weight excluding hydrogens is 400 g/mol. The minimum atomic E-state index is -0.581. The van der Waals surface area contributed by atoms with Crippen molar-refractivity contribution >= 4 is 27.9 Å². The molecule has 1 aliphatic heterocycles. The van der Waals surface area contributed by atoms with Crippen LogP contribution in [-0.2, 0) is 9.53 Å². The Hall–Kier alpha value is -1.76. The first-order valence-electron chi connectivity index (χ1n) is 8.76. The van der Waals surface area contributed by atoms with Gasteiger partial charge in [-0.3, -0.25) is 9.69 Å². The summed E-state index contributed by atoms with van der Waals surface area (Å²) < 4.78 is 11.6. The molecular formula is C19H27BrN2O4. The zero-order chi connectivity index (χ0) is 19.5. The van der Waals surface area contributed by atoms with Gasteiger partial charge in [0.1, 0.15) is 17.4 Å². The minimum Gasteiger partial charge on any atom is -0.496 e. The van der Waals surface area contributed by atoms with E-state index in [9.17, 15) is 9.59 Å². The fourth-order valence-corrected chi connectivity index (χ4v) is 3.33. The molecule has 1 fully saturated rings. The van der Waals surface area contributed by atoms with E-state index in [2.05, 4.69) is 21.2 Å². The molecule has 0 aromatic heterocycles. The predicted molar refractivity (Wildman–Crippen MR) is 103 cm³/mol. The summed E-state index contributed by atoms with van der Waals surface area (Å²) in [7, 11) is 1.60. The van der Waals surface area contributed by atoms with Crippen LogP contribution < -0.4 is 10.1 Å². The second-order valence-electron chi connectivity index (χ2n) is 7.46. The van der Waals surface area contributed by atoms with Crippen molar-refractivity contribution in [1.82, 2.24) is 10.2 Å². The van der Waals surface area contributed by atoms with E-state index in [0.717, 1.165) is 16.5 Å². The van der Waals surface area contributed by atoms with Gasteiger partial charge in [-0.05, 0) is 74.2 Å². The SMILES string of the molecule is COc1cc([C@H](C)NC(=O)[C@H]2CCCN2C(=O)OC(C)(C)C)ccc1Br. The summed E-state index contributed by atoms with van der Waals surface area (Å²) in [5.74, 6) is 0.544. The summed E-state index contributed by atoms with van der Waals surface area (Å²) in [5.41, 5.74) is 0.349. The Bertz CT molecular complexity index is 672. The zero-order valence-corrected chi connectivity index (χ0v) is 17.6. The predicted octanol–water partition coefficient (Wildman–Crippen LogP) is 4.03. The van der Waals surface area contributed by atoms with Gasteiger partial charge in [0.05, 0.1) is 17.6 Å². The molecule has 1 aromatic carbocycles. The monoisotopic (exact) mass is 426 g/mol. The van der Waals surface area contributed by atoms with Crippen LogP contribution in [0.25, 0.3) is 0 Å². The Kier molecular flexibility index (Phi) is 6.55. The first-order chi connectivity index (χ1) is 12.1. The molecule has 1 N–H and O–H groups in total. The van der Waals surface area contributed by atoms with Crippen molar-refractivity contribution in [2.45, 2.75) is 58.2 Å². The lowest BCUT2D eigenvalue weighted by Crippen LogP contribution is -2.48. The Labute approximate surface area is 163 Å². The first kappa shape index (κ1) is 20.6. The van der Waals surface area contributed by atoms with Gasteiger partial charge in [0.15, 0.2) is 0 Å². The number of likely N-dealkylation sites (tertiary alicyclic amines) is 1. The maximum atomic E-state index is 12.7. The number of amides is 2. The number of nitrogens with zero attached hydrogens (tertiary/aromatic N) is 1. The highest BCUT2D eigenvalue weighted by molar-refractivity contribution is 9.10. The minimum absolute atomic E-state index is 0.164. The van der Waals surface area contributed by atoms with Gasteiger partial charge in [0.25, 0.3) is 0 Å². The lowest BCUT2D eigenvalue weighted by molar-refractivity contribution is -0.126. The van der Waals surface area contributed by atoms with Gasteiger partial charge in [-0.2, -0.15) is 0 Å². The molecule has 0 spiro atoms. The Morgan fingerprint density at radius 3 is 2.65 bits per heavy atom. The number of rotatable bonds is 4. The normalized spacial score (nSPS) is 18.4. The van der Waals surface area contributed by atoms with E-state index >= 15 is 0 Å². The summed E-state index contributed by atoms with van der Waals surface area (Å²) in [6, 6.07) is 5.00. The Morgan fingerprint density at radius 1 is 1.35 bits per heavy atom. The second kappa shape index (κ2) is 8.29. The number of hydrogen-bond donors (Lipinski definition) is 1. The van der Waals surface area contributed by atoms with Gasteiger partial charge in [0, 0.05) is 6.54 Å². The van der Waals surface area contributed by atoms with Crippen molar-refractivity contribution in [3.63, 3.8) is 0 Å². The second-order valence-corrected chi connectivity index (χ2v) is 8.31. The molecule has 0 unspecified atom stereocenters. The average Bonchev–Trinajstić information content (AvgIpc) is 3.03. The molecule has 2 amide bonds. The summed E-state index contributed by atoms with van der Waals surface area (Å²) in [6.45, 7) is 7.90. The molecule has 0 radical (unpaired) electrons. The van der Waals surface area contributed by atoms with E-state index in [1.165, 1.54) is 4.90 Å². The van der Waals surface area contributed by atoms with E-state index in [1.54, 1.807) is 7.11 Å². The topological polar surface area (TPSA) is 67.9 Å². The fraction of sp³-hybridized carbons (Fsp3) is 0.579. The van der Waals surface area contributed by atoms with Crippen molar-refractivity contribution in [2.24, 2.45) is 0 Å². The van der Waals surface area contributed by atoms with Crippen LogP contribution in [0.3, 0.4) is 0 Å². The Balaban J connectivity index is 2.05. The highest BCUT2D eigenvalue weighted by Crippen LogP contribution is 2.28. The fourth-order valence-electron chi connectivity index (χ4n) is 2.92. The molecule has 26 heavy (non-hydrogen) atoms. The number of methoxy groups -OCH3 is 1. The molecule has 2 rings (SSSR count). The molecule has 1 aliphatic rings. The largest absolute Gasteiger partial charge is 0.496 e. The van der Waals surface area contributed by atoms with Crippen molar-refractivity contribution < 1.29 is 19.1 Å². The first-order valence-corrected chi connectivity index (χ1v) is 9.55. The van der Waals surface area contributed by atoms with Crippen molar-refractivity contribution in [1.29, 1.82) is 0 Å². The zero-order valence-electron chi connectivity index (χ0n) is 16.0. The van der Waals surface area contributed by atoms with Crippen LogP contribution in [0.4, 0.5) is 4.79 Å².